The van der Waals surface area contributed by atoms with Gasteiger partial charge in [0, 0.05) is 5.92 Å². The first kappa shape index (κ1) is 18.1. The van der Waals surface area contributed by atoms with E-state index in [0.717, 1.165) is 5.56 Å². The highest BCUT2D eigenvalue weighted by atomic mass is 16.5. The molecule has 1 aromatic carbocycles. The Hall–Kier alpha value is -3.00. The number of amides is 1. The Morgan fingerprint density at radius 2 is 2.00 bits per heavy atom. The third-order valence-corrected chi connectivity index (χ3v) is 3.28. The molecule has 0 aliphatic heterocycles. The van der Waals surface area contributed by atoms with Crippen molar-refractivity contribution >= 4 is 12.1 Å². The van der Waals surface area contributed by atoms with Gasteiger partial charge in [0.25, 0.3) is 0 Å². The lowest BCUT2D eigenvalue weighted by Crippen LogP contribution is -2.45. The zero-order chi connectivity index (χ0) is 17.2. The van der Waals surface area contributed by atoms with Gasteiger partial charge in [-0.05, 0) is 24.1 Å². The van der Waals surface area contributed by atoms with E-state index in [1.165, 1.54) is 13.2 Å². The summed E-state index contributed by atoms with van der Waals surface area (Å²) < 4.78 is 4.53. The van der Waals surface area contributed by atoms with Crippen LogP contribution in [0.15, 0.2) is 54.1 Å². The van der Waals surface area contributed by atoms with Crippen molar-refractivity contribution in [2.45, 2.75) is 18.9 Å². The van der Waals surface area contributed by atoms with E-state index in [-0.39, 0.29) is 0 Å². The Balaban J connectivity index is 3.36. The van der Waals surface area contributed by atoms with E-state index in [1.807, 2.05) is 6.07 Å². The summed E-state index contributed by atoms with van der Waals surface area (Å²) in [6.45, 7) is 1.78. The Kier molecular flexibility index (Phi) is 7.15. The number of carbonyl (C=O) groups excluding carboxylic acids is 1. The molecule has 5 nitrogen and oxygen atoms in total. The molecule has 0 heterocycles. The van der Waals surface area contributed by atoms with E-state index in [1.54, 1.807) is 43.3 Å². The molecule has 0 saturated heterocycles. The molecule has 2 N–H and O–H groups in total. The van der Waals surface area contributed by atoms with Crippen molar-refractivity contribution < 1.29 is 19.4 Å². The monoisotopic (exact) mass is 313 g/mol. The van der Waals surface area contributed by atoms with E-state index in [2.05, 4.69) is 16.0 Å². The minimum absolute atomic E-state index is 0.609. The number of benzene rings is 1. The van der Waals surface area contributed by atoms with E-state index in [4.69, 9.17) is 6.42 Å². The highest BCUT2D eigenvalue weighted by Crippen LogP contribution is 2.29. The van der Waals surface area contributed by atoms with Crippen molar-refractivity contribution in [3.8, 4) is 12.3 Å². The lowest BCUT2D eigenvalue weighted by Gasteiger charge is -2.26. The highest BCUT2D eigenvalue weighted by molar-refractivity contribution is 5.82. The van der Waals surface area contributed by atoms with Crippen LogP contribution < -0.4 is 5.32 Å². The quantitative estimate of drug-likeness (QED) is 0.625. The number of aliphatic carboxylic acids is 1. The summed E-state index contributed by atoms with van der Waals surface area (Å²) in [6, 6.07) is 7.84. The summed E-state index contributed by atoms with van der Waals surface area (Å²) in [5.41, 5.74) is 1.42. The number of rotatable bonds is 6. The second kappa shape index (κ2) is 9.11. The molecule has 23 heavy (non-hydrogen) atoms. The number of carboxylic acid groups (broad SMARTS) is 1. The average molecular weight is 313 g/mol. The van der Waals surface area contributed by atoms with Gasteiger partial charge in [-0.25, -0.2) is 9.59 Å². The second-order valence-corrected chi connectivity index (χ2v) is 4.63. The van der Waals surface area contributed by atoms with Gasteiger partial charge < -0.3 is 15.2 Å². The van der Waals surface area contributed by atoms with Crippen LogP contribution in [0, 0.1) is 12.3 Å². The molecule has 120 valence electrons. The van der Waals surface area contributed by atoms with Crippen LogP contribution in [0.1, 0.15) is 18.4 Å². The van der Waals surface area contributed by atoms with Gasteiger partial charge in [-0.1, -0.05) is 48.4 Å². The highest BCUT2D eigenvalue weighted by Gasteiger charge is 2.32. The summed E-state index contributed by atoms with van der Waals surface area (Å²) in [5, 5.41) is 11.9. The summed E-state index contributed by atoms with van der Waals surface area (Å²) in [6.07, 6.45) is 9.34. The molecule has 0 fully saturated rings. The van der Waals surface area contributed by atoms with Crippen LogP contribution in [-0.2, 0) is 9.53 Å². The third kappa shape index (κ3) is 5.04. The predicted molar refractivity (Wildman–Crippen MR) is 87.9 cm³/mol. The van der Waals surface area contributed by atoms with Crippen LogP contribution in [0.5, 0.6) is 0 Å². The van der Waals surface area contributed by atoms with Crippen molar-refractivity contribution in [3.63, 3.8) is 0 Å². The number of hydrogen-bond donors (Lipinski definition) is 2. The molecular weight excluding hydrogens is 294 g/mol. The fourth-order valence-corrected chi connectivity index (χ4v) is 2.24. The fourth-order valence-electron chi connectivity index (χ4n) is 2.24. The molecule has 5 heteroatoms. The normalized spacial score (nSPS) is 13.9. The molecule has 0 aliphatic carbocycles. The van der Waals surface area contributed by atoms with Crippen LogP contribution >= 0.6 is 0 Å². The van der Waals surface area contributed by atoms with Crippen LogP contribution in [0.3, 0.4) is 0 Å². The molecular formula is C18H19NO4. The number of hydrogen-bond acceptors (Lipinski definition) is 3. The van der Waals surface area contributed by atoms with Crippen molar-refractivity contribution in [2.24, 2.45) is 0 Å². The Morgan fingerprint density at radius 1 is 1.35 bits per heavy atom. The average Bonchev–Trinajstić information content (AvgIpc) is 2.57. The molecule has 0 aliphatic rings. The van der Waals surface area contributed by atoms with E-state index in [0.29, 0.717) is 5.57 Å². The maximum atomic E-state index is 11.7. The van der Waals surface area contributed by atoms with Crippen LogP contribution in [0.4, 0.5) is 4.79 Å². The summed E-state index contributed by atoms with van der Waals surface area (Å²) in [5.74, 6) is 0.600. The van der Waals surface area contributed by atoms with Gasteiger partial charge in [0.15, 0.2) is 0 Å². The van der Waals surface area contributed by atoms with Crippen molar-refractivity contribution in [1.29, 1.82) is 0 Å². The van der Waals surface area contributed by atoms with Gasteiger partial charge in [0.05, 0.1) is 7.11 Å². The van der Waals surface area contributed by atoms with E-state index >= 15 is 0 Å². The number of nitrogens with one attached hydrogen (secondary N) is 1. The number of ether oxygens (including phenoxy) is 1. The zero-order valence-corrected chi connectivity index (χ0v) is 13.0. The van der Waals surface area contributed by atoms with Gasteiger partial charge in [0.1, 0.15) is 6.04 Å². The Bertz CT molecular complexity index is 641. The molecule has 2 unspecified atom stereocenters. The Labute approximate surface area is 135 Å². The molecule has 1 aromatic rings. The van der Waals surface area contributed by atoms with Gasteiger partial charge in [-0.2, -0.15) is 0 Å². The first-order valence-electron chi connectivity index (χ1n) is 6.96. The maximum absolute atomic E-state index is 11.7. The molecule has 0 bridgehead atoms. The van der Waals surface area contributed by atoms with Gasteiger partial charge >= 0.3 is 12.1 Å². The molecule has 0 aromatic heterocycles. The van der Waals surface area contributed by atoms with Gasteiger partial charge in [-0.3, -0.25) is 0 Å². The number of carbonyl (C=O) groups is 2. The second-order valence-electron chi connectivity index (χ2n) is 4.63. The summed E-state index contributed by atoms with van der Waals surface area (Å²) in [4.78, 5) is 23.2. The zero-order valence-electron chi connectivity index (χ0n) is 13.0. The lowest BCUT2D eigenvalue weighted by atomic mass is 9.84. The van der Waals surface area contributed by atoms with Crippen molar-refractivity contribution in [1.82, 2.24) is 5.32 Å². The number of carboxylic acids is 1. The Morgan fingerprint density at radius 3 is 2.48 bits per heavy atom. The van der Waals surface area contributed by atoms with Crippen LogP contribution in [0.25, 0.3) is 0 Å². The SMILES string of the molecule is C#CC=CC(=CC)C(c1ccccc1)C(NC(=O)OC)C(=O)O. The van der Waals surface area contributed by atoms with Crippen LogP contribution in [-0.4, -0.2) is 30.3 Å². The fraction of sp³-hybridized carbons (Fsp3) is 0.222. The number of allylic oxidation sites excluding steroid dienone is 3. The summed E-state index contributed by atoms with van der Waals surface area (Å²) in [7, 11) is 1.18. The number of terminal acetylenes is 1. The largest absolute Gasteiger partial charge is 0.480 e. The molecule has 0 spiro atoms. The lowest BCUT2D eigenvalue weighted by molar-refractivity contribution is -0.139. The topological polar surface area (TPSA) is 75.6 Å². The van der Waals surface area contributed by atoms with Gasteiger partial charge in [-0.15, -0.1) is 6.42 Å². The summed E-state index contributed by atoms with van der Waals surface area (Å²) >= 11 is 0. The van der Waals surface area contributed by atoms with Gasteiger partial charge in [0.2, 0.25) is 0 Å². The minimum atomic E-state index is -1.20. The molecule has 1 amide bonds. The maximum Gasteiger partial charge on any atom is 0.407 e. The molecule has 1 rings (SSSR count). The smallest absolute Gasteiger partial charge is 0.407 e. The van der Waals surface area contributed by atoms with Crippen LogP contribution in [0.2, 0.25) is 0 Å². The van der Waals surface area contributed by atoms with E-state index in [9.17, 15) is 14.7 Å². The van der Waals surface area contributed by atoms with Crippen molar-refractivity contribution in [2.75, 3.05) is 7.11 Å². The minimum Gasteiger partial charge on any atom is -0.480 e. The molecule has 2 atom stereocenters. The third-order valence-electron chi connectivity index (χ3n) is 3.28. The van der Waals surface area contributed by atoms with Crippen molar-refractivity contribution in [3.05, 3.63) is 59.7 Å². The van der Waals surface area contributed by atoms with E-state index < -0.39 is 24.0 Å². The first-order chi connectivity index (χ1) is 11.0. The number of alkyl carbamates (subject to hydrolysis) is 1. The predicted octanol–water partition coefficient (Wildman–Crippen LogP) is 2.72. The molecule has 0 radical (unpaired) electrons. The number of methoxy groups -OCH3 is 1. The first-order valence-corrected chi connectivity index (χ1v) is 6.96. The standard InChI is InChI=1S/C18H19NO4/c1-4-6-10-13(5-2)15(14-11-8-7-9-12-14)16(17(20)21)19-18(22)23-3/h1,5-12,15-16H,2-3H3,(H,19,22)(H,20,21). The molecule has 0 saturated carbocycles.